The summed E-state index contributed by atoms with van der Waals surface area (Å²) in [5.74, 6) is -0.0428. The van der Waals surface area contributed by atoms with E-state index in [4.69, 9.17) is 4.74 Å². The van der Waals surface area contributed by atoms with Crippen molar-refractivity contribution < 1.29 is 14.6 Å². The molecule has 0 aromatic carbocycles. The van der Waals surface area contributed by atoms with Crippen LogP contribution in [0.15, 0.2) is 0 Å². The second-order valence-corrected chi connectivity index (χ2v) is 3.33. The minimum Gasteiger partial charge on any atom is -0.379 e. The average Bonchev–Trinajstić information content (AvgIpc) is 2.77. The van der Waals surface area contributed by atoms with E-state index in [0.29, 0.717) is 12.8 Å². The Hall–Kier alpha value is -0.410. The van der Waals surface area contributed by atoms with Gasteiger partial charge in [0, 0.05) is 6.42 Å². The fourth-order valence-electron chi connectivity index (χ4n) is 1.83. The molecule has 11 heavy (non-hydrogen) atoms. The zero-order valence-corrected chi connectivity index (χ0v) is 6.54. The van der Waals surface area contributed by atoms with Crippen LogP contribution in [0.4, 0.5) is 0 Å². The highest BCUT2D eigenvalue weighted by molar-refractivity contribution is 5.89. The molecule has 1 saturated carbocycles. The van der Waals surface area contributed by atoms with Crippen molar-refractivity contribution in [2.45, 2.75) is 44.0 Å². The molecule has 3 heteroatoms. The largest absolute Gasteiger partial charge is 0.379 e. The molecule has 0 amide bonds. The predicted molar refractivity (Wildman–Crippen MR) is 38.1 cm³/mol. The Bertz CT molecular complexity index is 202. The van der Waals surface area contributed by atoms with Crippen LogP contribution in [0.1, 0.15) is 26.2 Å². The molecule has 1 N–H and O–H groups in total. The van der Waals surface area contributed by atoms with Gasteiger partial charge in [-0.1, -0.05) is 6.92 Å². The van der Waals surface area contributed by atoms with Crippen LogP contribution in [0.5, 0.6) is 0 Å². The minimum absolute atomic E-state index is 0.0428. The molecule has 0 bridgehead atoms. The molecule has 0 unspecified atom stereocenters. The van der Waals surface area contributed by atoms with Gasteiger partial charge in [0.2, 0.25) is 0 Å². The summed E-state index contributed by atoms with van der Waals surface area (Å²) in [7, 11) is 0. The molecule has 0 aromatic heterocycles. The molecule has 1 aliphatic carbocycles. The van der Waals surface area contributed by atoms with Gasteiger partial charge in [0.15, 0.2) is 11.4 Å². The highest BCUT2D eigenvalue weighted by Crippen LogP contribution is 2.42. The summed E-state index contributed by atoms with van der Waals surface area (Å²) in [6, 6.07) is 0. The van der Waals surface area contributed by atoms with Crippen LogP contribution in [-0.2, 0) is 9.53 Å². The van der Waals surface area contributed by atoms with Crippen LogP contribution in [0, 0.1) is 0 Å². The molecule has 2 fully saturated rings. The molecule has 62 valence electrons. The standard InChI is InChI=1S/C8H12O3/c1-2-8(10)6(9)4-3-5-7(8)11-5/h5,7,10H,2-4H2,1H3/t5-,7-,8+/m0/s1. The lowest BCUT2D eigenvalue weighted by Gasteiger charge is -2.25. The molecular formula is C8H12O3. The van der Waals surface area contributed by atoms with Crippen LogP contribution in [0.2, 0.25) is 0 Å². The van der Waals surface area contributed by atoms with Crippen molar-refractivity contribution in [1.29, 1.82) is 0 Å². The number of epoxide rings is 1. The number of ketones is 1. The van der Waals surface area contributed by atoms with Crippen molar-refractivity contribution in [3.05, 3.63) is 0 Å². The van der Waals surface area contributed by atoms with E-state index in [2.05, 4.69) is 0 Å². The normalized spacial score (nSPS) is 48.7. The number of carbonyl (C=O) groups excluding carboxylic acids is 1. The molecule has 1 heterocycles. The van der Waals surface area contributed by atoms with Gasteiger partial charge in [0.05, 0.1) is 6.10 Å². The summed E-state index contributed by atoms with van der Waals surface area (Å²) in [6.45, 7) is 1.82. The maximum absolute atomic E-state index is 11.3. The van der Waals surface area contributed by atoms with Gasteiger partial charge in [0.25, 0.3) is 0 Å². The number of aliphatic hydroxyl groups is 1. The zero-order chi connectivity index (χ0) is 8.06. The second kappa shape index (κ2) is 2.05. The SMILES string of the molecule is CC[C@@]1(O)C(=O)CC[C@@H]2O[C@@H]21. The molecule has 0 spiro atoms. The van der Waals surface area contributed by atoms with Gasteiger partial charge in [-0.15, -0.1) is 0 Å². The summed E-state index contributed by atoms with van der Waals surface area (Å²) in [5.41, 5.74) is -1.15. The quantitative estimate of drug-likeness (QED) is 0.554. The summed E-state index contributed by atoms with van der Waals surface area (Å²) >= 11 is 0. The first-order chi connectivity index (χ1) is 5.18. The lowest BCUT2D eigenvalue weighted by Crippen LogP contribution is -2.47. The first-order valence-electron chi connectivity index (χ1n) is 4.09. The smallest absolute Gasteiger partial charge is 0.167 e. The molecule has 0 aromatic rings. The minimum atomic E-state index is -1.15. The van der Waals surface area contributed by atoms with Crippen molar-refractivity contribution in [3.63, 3.8) is 0 Å². The lowest BCUT2D eigenvalue weighted by atomic mass is 9.82. The Balaban J connectivity index is 2.21. The summed E-state index contributed by atoms with van der Waals surface area (Å²) in [5, 5.41) is 9.78. The van der Waals surface area contributed by atoms with Crippen LogP contribution in [-0.4, -0.2) is 28.7 Å². The monoisotopic (exact) mass is 156 g/mol. The fourth-order valence-corrected chi connectivity index (χ4v) is 1.83. The topological polar surface area (TPSA) is 49.8 Å². The Kier molecular flexibility index (Phi) is 1.35. The van der Waals surface area contributed by atoms with Crippen molar-refractivity contribution in [2.75, 3.05) is 0 Å². The third-order valence-electron chi connectivity index (χ3n) is 2.73. The van der Waals surface area contributed by atoms with Crippen LogP contribution in [0.3, 0.4) is 0 Å². The number of Topliss-reactive ketones (excluding diaryl/α,β-unsaturated/α-hetero) is 1. The van der Waals surface area contributed by atoms with E-state index < -0.39 is 5.60 Å². The lowest BCUT2D eigenvalue weighted by molar-refractivity contribution is -0.140. The Morgan fingerprint density at radius 3 is 3.09 bits per heavy atom. The Labute approximate surface area is 65.4 Å². The summed E-state index contributed by atoms with van der Waals surface area (Å²) in [6.07, 6.45) is 1.73. The number of hydrogen-bond donors (Lipinski definition) is 1. The number of carbonyl (C=O) groups is 1. The number of fused-ring (bicyclic) bond motifs is 1. The van der Waals surface area contributed by atoms with Gasteiger partial charge in [0.1, 0.15) is 6.10 Å². The molecule has 1 aliphatic heterocycles. The number of ether oxygens (including phenoxy) is 1. The van der Waals surface area contributed by atoms with Gasteiger partial charge in [-0.05, 0) is 12.8 Å². The highest BCUT2D eigenvalue weighted by atomic mass is 16.6. The van der Waals surface area contributed by atoms with Gasteiger partial charge in [-0.3, -0.25) is 4.79 Å². The van der Waals surface area contributed by atoms with Crippen LogP contribution >= 0.6 is 0 Å². The number of rotatable bonds is 1. The van der Waals surface area contributed by atoms with E-state index in [9.17, 15) is 9.90 Å². The molecule has 3 atom stereocenters. The van der Waals surface area contributed by atoms with E-state index >= 15 is 0 Å². The molecule has 1 saturated heterocycles. The van der Waals surface area contributed by atoms with E-state index in [1.54, 1.807) is 0 Å². The molecule has 2 rings (SSSR count). The fraction of sp³-hybridized carbons (Fsp3) is 0.875. The van der Waals surface area contributed by atoms with Crippen molar-refractivity contribution >= 4 is 5.78 Å². The first kappa shape index (κ1) is 7.25. The van der Waals surface area contributed by atoms with Crippen molar-refractivity contribution in [2.24, 2.45) is 0 Å². The Morgan fingerprint density at radius 2 is 2.55 bits per heavy atom. The van der Waals surface area contributed by atoms with Gasteiger partial charge < -0.3 is 9.84 Å². The van der Waals surface area contributed by atoms with Crippen molar-refractivity contribution in [3.8, 4) is 0 Å². The average molecular weight is 156 g/mol. The van der Waals surface area contributed by atoms with Crippen LogP contribution < -0.4 is 0 Å². The third-order valence-corrected chi connectivity index (χ3v) is 2.73. The number of hydrogen-bond acceptors (Lipinski definition) is 3. The highest BCUT2D eigenvalue weighted by Gasteiger charge is 2.59. The van der Waals surface area contributed by atoms with Gasteiger partial charge in [-0.25, -0.2) is 0 Å². The molecule has 3 nitrogen and oxygen atoms in total. The second-order valence-electron chi connectivity index (χ2n) is 3.33. The maximum Gasteiger partial charge on any atom is 0.167 e. The van der Waals surface area contributed by atoms with E-state index in [1.165, 1.54) is 0 Å². The maximum atomic E-state index is 11.3. The van der Waals surface area contributed by atoms with E-state index in [-0.39, 0.29) is 18.0 Å². The van der Waals surface area contributed by atoms with Crippen LogP contribution in [0.25, 0.3) is 0 Å². The van der Waals surface area contributed by atoms with Gasteiger partial charge in [-0.2, -0.15) is 0 Å². The summed E-state index contributed by atoms with van der Waals surface area (Å²) in [4.78, 5) is 11.3. The molecule has 2 aliphatic rings. The molecule has 0 radical (unpaired) electrons. The first-order valence-corrected chi connectivity index (χ1v) is 4.09. The predicted octanol–water partition coefficient (Wildman–Crippen LogP) is 0.258. The third kappa shape index (κ3) is 0.844. The van der Waals surface area contributed by atoms with Gasteiger partial charge >= 0.3 is 0 Å². The zero-order valence-electron chi connectivity index (χ0n) is 6.54. The summed E-state index contributed by atoms with van der Waals surface area (Å²) < 4.78 is 5.18. The van der Waals surface area contributed by atoms with E-state index in [1.807, 2.05) is 6.92 Å². The van der Waals surface area contributed by atoms with E-state index in [0.717, 1.165) is 6.42 Å². The van der Waals surface area contributed by atoms with Crippen molar-refractivity contribution in [1.82, 2.24) is 0 Å². The molecular weight excluding hydrogens is 144 g/mol. The Morgan fingerprint density at radius 1 is 1.82 bits per heavy atom.